The first-order valence-electron chi connectivity index (χ1n) is 11.7. The molecule has 1 aliphatic rings. The number of methoxy groups -OCH3 is 2. The number of carbonyl (C=O) groups excluding carboxylic acids is 1. The van der Waals surface area contributed by atoms with E-state index >= 15 is 0 Å². The molecule has 37 heavy (non-hydrogen) atoms. The molecule has 0 saturated carbocycles. The van der Waals surface area contributed by atoms with Gasteiger partial charge in [0.1, 0.15) is 0 Å². The first-order chi connectivity index (χ1) is 17.7. The van der Waals surface area contributed by atoms with E-state index in [1.54, 1.807) is 69.8 Å². The molecule has 0 aromatic heterocycles. The first kappa shape index (κ1) is 26.0. The molecule has 10 heteroatoms. The van der Waals surface area contributed by atoms with Gasteiger partial charge in [-0.1, -0.05) is 42.5 Å². The molecule has 1 aliphatic heterocycles. The van der Waals surface area contributed by atoms with E-state index in [0.29, 0.717) is 40.4 Å². The third-order valence-corrected chi connectivity index (χ3v) is 7.32. The summed E-state index contributed by atoms with van der Waals surface area (Å²) in [5.41, 5.74) is 4.14. The number of amides is 2. The number of nitrogens with zero attached hydrogens (tertiary/aromatic N) is 2. The summed E-state index contributed by atoms with van der Waals surface area (Å²) in [6.07, 6.45) is 0.549. The quantitative estimate of drug-likeness (QED) is 0.488. The first-order valence-corrected chi connectivity index (χ1v) is 13.4. The van der Waals surface area contributed by atoms with Gasteiger partial charge in [0.15, 0.2) is 11.5 Å². The molecular formula is C27H30N4O5S. The average Bonchev–Trinajstić information content (AvgIpc) is 3.03. The zero-order valence-electron chi connectivity index (χ0n) is 21.2. The van der Waals surface area contributed by atoms with Gasteiger partial charge in [0.25, 0.3) is 0 Å². The molecule has 0 aliphatic carbocycles. The number of hydrogen-bond acceptors (Lipinski definition) is 6. The van der Waals surface area contributed by atoms with Crippen molar-refractivity contribution in [3.63, 3.8) is 0 Å². The van der Waals surface area contributed by atoms with Gasteiger partial charge in [-0.3, -0.25) is 4.72 Å². The van der Waals surface area contributed by atoms with E-state index in [0.717, 1.165) is 11.1 Å². The Balaban J connectivity index is 1.71. The van der Waals surface area contributed by atoms with Crippen LogP contribution < -0.4 is 19.5 Å². The molecule has 3 aromatic rings. The Kier molecular flexibility index (Phi) is 7.68. The molecule has 2 amide bonds. The second-order valence-electron chi connectivity index (χ2n) is 8.69. The van der Waals surface area contributed by atoms with Gasteiger partial charge in [0.2, 0.25) is 10.0 Å². The standard InChI is InChI=1S/C27H30N4O5S/c1-18-14-21-15-24(35-3)25(36-4)16-23(21)26(29-31(18)27(32)28-2)20-10-12-22(13-11-20)30-37(33,34)17-19-8-6-5-7-9-19/h5-13,15-16,18,30H,14,17H2,1-4H3,(H,28,32). The van der Waals surface area contributed by atoms with Gasteiger partial charge in [-0.15, -0.1) is 0 Å². The highest BCUT2D eigenvalue weighted by Crippen LogP contribution is 2.34. The van der Waals surface area contributed by atoms with Crippen molar-refractivity contribution in [2.75, 3.05) is 26.0 Å². The van der Waals surface area contributed by atoms with Gasteiger partial charge in [-0.2, -0.15) is 5.10 Å². The van der Waals surface area contributed by atoms with Crippen molar-refractivity contribution in [2.24, 2.45) is 5.10 Å². The van der Waals surface area contributed by atoms with E-state index in [-0.39, 0.29) is 17.8 Å². The molecule has 1 atom stereocenters. The van der Waals surface area contributed by atoms with E-state index in [9.17, 15) is 13.2 Å². The van der Waals surface area contributed by atoms with Crippen LogP contribution >= 0.6 is 0 Å². The van der Waals surface area contributed by atoms with Gasteiger partial charge in [-0.05, 0) is 48.7 Å². The maximum atomic E-state index is 12.7. The fourth-order valence-corrected chi connectivity index (χ4v) is 5.45. The second-order valence-corrected chi connectivity index (χ2v) is 10.4. The van der Waals surface area contributed by atoms with Crippen LogP contribution in [0.4, 0.5) is 10.5 Å². The highest BCUT2D eigenvalue weighted by molar-refractivity contribution is 7.91. The number of benzene rings is 3. The summed E-state index contributed by atoms with van der Waals surface area (Å²) in [5.74, 6) is 1.00. The van der Waals surface area contributed by atoms with Crippen LogP contribution in [0.2, 0.25) is 0 Å². The van der Waals surface area contributed by atoms with Crippen LogP contribution in [0, 0.1) is 0 Å². The van der Waals surface area contributed by atoms with Gasteiger partial charge in [-0.25, -0.2) is 18.2 Å². The Hall–Kier alpha value is -4.05. The lowest BCUT2D eigenvalue weighted by atomic mass is 9.94. The summed E-state index contributed by atoms with van der Waals surface area (Å²) in [6.45, 7) is 1.92. The smallest absolute Gasteiger partial charge is 0.337 e. The lowest BCUT2D eigenvalue weighted by Gasteiger charge is -2.22. The lowest BCUT2D eigenvalue weighted by Crippen LogP contribution is -2.41. The number of sulfonamides is 1. The van der Waals surface area contributed by atoms with Crippen LogP contribution in [0.15, 0.2) is 71.8 Å². The summed E-state index contributed by atoms with van der Waals surface area (Å²) in [4.78, 5) is 12.6. The number of carbonyl (C=O) groups is 1. The van der Waals surface area contributed by atoms with Gasteiger partial charge < -0.3 is 14.8 Å². The van der Waals surface area contributed by atoms with Crippen LogP contribution in [0.1, 0.15) is 29.2 Å². The number of nitrogens with one attached hydrogen (secondary N) is 2. The zero-order valence-corrected chi connectivity index (χ0v) is 22.0. The largest absolute Gasteiger partial charge is 0.493 e. The van der Waals surface area contributed by atoms with E-state index < -0.39 is 10.0 Å². The number of rotatable bonds is 7. The van der Waals surface area contributed by atoms with Crippen LogP contribution in [-0.2, 0) is 22.2 Å². The molecule has 1 unspecified atom stereocenters. The van der Waals surface area contributed by atoms with Crippen molar-refractivity contribution in [1.29, 1.82) is 0 Å². The van der Waals surface area contributed by atoms with Crippen molar-refractivity contribution in [2.45, 2.75) is 25.1 Å². The topological polar surface area (TPSA) is 109 Å². The maximum Gasteiger partial charge on any atom is 0.337 e. The molecule has 0 radical (unpaired) electrons. The van der Waals surface area contributed by atoms with Crippen LogP contribution in [0.5, 0.6) is 11.5 Å². The molecule has 0 spiro atoms. The fourth-order valence-electron chi connectivity index (χ4n) is 4.25. The molecule has 3 aromatic carbocycles. The van der Waals surface area contributed by atoms with Crippen molar-refractivity contribution >= 4 is 27.5 Å². The minimum Gasteiger partial charge on any atom is -0.493 e. The number of fused-ring (bicyclic) bond motifs is 1. The fraction of sp³-hybridized carbons (Fsp3) is 0.259. The molecule has 2 N–H and O–H groups in total. The predicted molar refractivity (Wildman–Crippen MR) is 144 cm³/mol. The van der Waals surface area contributed by atoms with Crippen molar-refractivity contribution in [3.8, 4) is 11.5 Å². The second kappa shape index (κ2) is 10.9. The number of anilines is 1. The van der Waals surface area contributed by atoms with Crippen molar-refractivity contribution in [1.82, 2.24) is 10.3 Å². The van der Waals surface area contributed by atoms with E-state index in [1.165, 1.54) is 5.01 Å². The number of urea groups is 1. The van der Waals surface area contributed by atoms with Gasteiger partial charge >= 0.3 is 6.03 Å². The van der Waals surface area contributed by atoms with Crippen LogP contribution in [0.25, 0.3) is 0 Å². The Labute approximate surface area is 217 Å². The highest BCUT2D eigenvalue weighted by atomic mass is 32.2. The summed E-state index contributed by atoms with van der Waals surface area (Å²) in [7, 11) is 1.10. The molecule has 194 valence electrons. The third-order valence-electron chi connectivity index (χ3n) is 6.06. The number of ether oxygens (including phenoxy) is 2. The average molecular weight is 523 g/mol. The van der Waals surface area contributed by atoms with Gasteiger partial charge in [0.05, 0.1) is 31.7 Å². The highest BCUT2D eigenvalue weighted by Gasteiger charge is 2.28. The van der Waals surface area contributed by atoms with Crippen LogP contribution in [-0.4, -0.2) is 52.5 Å². The molecule has 4 rings (SSSR count). The maximum absolute atomic E-state index is 12.7. The Morgan fingerprint density at radius 3 is 2.30 bits per heavy atom. The SMILES string of the molecule is CNC(=O)N1N=C(c2ccc(NS(=O)(=O)Cc3ccccc3)cc2)c2cc(OC)c(OC)cc2CC1C. The molecule has 1 heterocycles. The lowest BCUT2D eigenvalue weighted by molar-refractivity contribution is 0.184. The van der Waals surface area contributed by atoms with E-state index in [2.05, 4.69) is 10.0 Å². The molecule has 0 bridgehead atoms. The monoisotopic (exact) mass is 522 g/mol. The Bertz CT molecular complexity index is 1410. The zero-order chi connectivity index (χ0) is 26.6. The van der Waals surface area contributed by atoms with Crippen molar-refractivity contribution < 1.29 is 22.7 Å². The molecule has 9 nitrogen and oxygen atoms in total. The third kappa shape index (κ3) is 5.86. The Morgan fingerprint density at radius 1 is 1.03 bits per heavy atom. The van der Waals surface area contributed by atoms with E-state index in [4.69, 9.17) is 14.6 Å². The summed E-state index contributed by atoms with van der Waals surface area (Å²) in [6, 6.07) is 19.1. The summed E-state index contributed by atoms with van der Waals surface area (Å²) < 4.78 is 39.0. The normalized spacial score (nSPS) is 15.2. The summed E-state index contributed by atoms with van der Waals surface area (Å²) >= 11 is 0. The van der Waals surface area contributed by atoms with Gasteiger partial charge in [0, 0.05) is 23.9 Å². The minimum absolute atomic E-state index is 0.129. The number of hydrogen-bond donors (Lipinski definition) is 2. The number of hydrazone groups is 1. The summed E-state index contributed by atoms with van der Waals surface area (Å²) in [5, 5.41) is 8.80. The molecule has 0 saturated heterocycles. The molecule has 0 fully saturated rings. The van der Waals surface area contributed by atoms with E-state index in [1.807, 2.05) is 25.1 Å². The van der Waals surface area contributed by atoms with Crippen LogP contribution in [0.3, 0.4) is 0 Å². The minimum atomic E-state index is -3.60. The van der Waals surface area contributed by atoms with Crippen molar-refractivity contribution in [3.05, 3.63) is 89.0 Å². The molecular weight excluding hydrogens is 492 g/mol. The Morgan fingerprint density at radius 2 is 1.68 bits per heavy atom. The predicted octanol–water partition coefficient (Wildman–Crippen LogP) is 3.98.